The second-order valence-electron chi connectivity index (χ2n) is 6.67. The van der Waals surface area contributed by atoms with Gasteiger partial charge in [-0.3, -0.25) is 9.20 Å². The molecule has 0 spiro atoms. The van der Waals surface area contributed by atoms with E-state index >= 15 is 0 Å². The Morgan fingerprint density at radius 1 is 1.17 bits per heavy atom. The van der Waals surface area contributed by atoms with E-state index < -0.39 is 0 Å². The van der Waals surface area contributed by atoms with Crippen LogP contribution in [0.15, 0.2) is 54.7 Å². The first-order valence-electron chi connectivity index (χ1n) is 9.37. The number of pyridine rings is 2. The molecule has 4 heterocycles. The highest BCUT2D eigenvalue weighted by Gasteiger charge is 2.21. The number of methoxy groups -OCH3 is 1. The molecular weight excluding hydrogens is 370 g/mol. The van der Waals surface area contributed by atoms with Gasteiger partial charge in [-0.2, -0.15) is 0 Å². The van der Waals surface area contributed by atoms with Crippen molar-refractivity contribution < 1.29 is 14.6 Å². The van der Waals surface area contributed by atoms with Crippen molar-refractivity contribution in [1.29, 1.82) is 0 Å². The highest BCUT2D eigenvalue weighted by molar-refractivity contribution is 5.86. The molecule has 1 aliphatic heterocycles. The van der Waals surface area contributed by atoms with Gasteiger partial charge in [0.2, 0.25) is 0 Å². The number of carbonyl (C=O) groups is 1. The van der Waals surface area contributed by atoms with Crippen LogP contribution in [0.4, 0.5) is 0 Å². The molecule has 0 aliphatic carbocycles. The zero-order chi connectivity index (χ0) is 20.2. The number of rotatable bonds is 2. The second-order valence-corrected chi connectivity index (χ2v) is 6.67. The van der Waals surface area contributed by atoms with Crippen LogP contribution in [-0.2, 0) is 9.53 Å². The standard InChI is InChI=1S/C15H10N4O.C6H11NO2/c20-12-5-3-4-10-7-8-11(16-14(10)12)15-18-17-13-6-1-2-9-19(13)15;1-9-6(8)5-3-2-4-7-5/h1-9,20H;5,7H,2-4H2,1H3. The molecule has 5 rings (SSSR count). The monoisotopic (exact) mass is 391 g/mol. The number of para-hydroxylation sites is 1. The molecule has 148 valence electrons. The number of esters is 1. The number of phenols is 1. The number of ether oxygens (including phenoxy) is 1. The van der Waals surface area contributed by atoms with Gasteiger partial charge in [0.15, 0.2) is 11.5 Å². The van der Waals surface area contributed by atoms with Crippen molar-refractivity contribution in [2.24, 2.45) is 0 Å². The summed E-state index contributed by atoms with van der Waals surface area (Å²) in [5.74, 6) is 0.691. The van der Waals surface area contributed by atoms with Crippen molar-refractivity contribution in [2.75, 3.05) is 13.7 Å². The number of aromatic nitrogens is 4. The lowest BCUT2D eigenvalue weighted by Gasteiger charge is -2.04. The van der Waals surface area contributed by atoms with Gasteiger partial charge in [0, 0.05) is 11.6 Å². The summed E-state index contributed by atoms with van der Waals surface area (Å²) >= 11 is 0. The highest BCUT2D eigenvalue weighted by Crippen LogP contribution is 2.25. The Bertz CT molecular complexity index is 1150. The third kappa shape index (κ3) is 3.88. The maximum Gasteiger partial charge on any atom is 0.322 e. The molecule has 8 heteroatoms. The fraction of sp³-hybridized carbons (Fsp3) is 0.238. The van der Waals surface area contributed by atoms with Gasteiger partial charge in [-0.15, -0.1) is 10.2 Å². The Morgan fingerprint density at radius 3 is 2.86 bits per heavy atom. The first-order valence-corrected chi connectivity index (χ1v) is 9.37. The minimum Gasteiger partial charge on any atom is -0.506 e. The molecule has 4 aromatic rings. The van der Waals surface area contributed by atoms with Crippen LogP contribution in [0.2, 0.25) is 0 Å². The Morgan fingerprint density at radius 2 is 2.07 bits per heavy atom. The second kappa shape index (κ2) is 8.24. The van der Waals surface area contributed by atoms with Crippen LogP contribution in [0.5, 0.6) is 5.75 Å². The van der Waals surface area contributed by atoms with E-state index in [1.165, 1.54) is 7.11 Å². The summed E-state index contributed by atoms with van der Waals surface area (Å²) in [6.07, 6.45) is 3.90. The minimum atomic E-state index is -0.132. The number of fused-ring (bicyclic) bond motifs is 2. The van der Waals surface area contributed by atoms with Crippen LogP contribution in [-0.4, -0.2) is 50.4 Å². The van der Waals surface area contributed by atoms with Crippen LogP contribution in [0.25, 0.3) is 28.1 Å². The Hall–Kier alpha value is -3.52. The number of hydrogen-bond acceptors (Lipinski definition) is 7. The lowest BCUT2D eigenvalue weighted by atomic mass is 10.2. The average molecular weight is 391 g/mol. The lowest BCUT2D eigenvalue weighted by Crippen LogP contribution is -2.31. The molecule has 1 saturated heterocycles. The van der Waals surface area contributed by atoms with Crippen molar-refractivity contribution in [2.45, 2.75) is 18.9 Å². The molecule has 0 amide bonds. The largest absolute Gasteiger partial charge is 0.506 e. The summed E-state index contributed by atoms with van der Waals surface area (Å²) in [4.78, 5) is 15.2. The Labute approximate surface area is 167 Å². The molecule has 1 fully saturated rings. The fourth-order valence-electron chi connectivity index (χ4n) is 3.30. The Kier molecular flexibility index (Phi) is 5.35. The summed E-state index contributed by atoms with van der Waals surface area (Å²) in [7, 11) is 1.42. The lowest BCUT2D eigenvalue weighted by molar-refractivity contribution is -0.142. The van der Waals surface area contributed by atoms with Crippen LogP contribution in [0, 0.1) is 0 Å². The van der Waals surface area contributed by atoms with E-state index in [1.807, 2.05) is 47.0 Å². The normalized spacial score (nSPS) is 15.8. The van der Waals surface area contributed by atoms with Gasteiger partial charge in [0.1, 0.15) is 23.0 Å². The molecule has 3 aromatic heterocycles. The summed E-state index contributed by atoms with van der Waals surface area (Å²) in [5.41, 5.74) is 2.01. The fourth-order valence-corrected chi connectivity index (χ4v) is 3.30. The number of carbonyl (C=O) groups excluding carboxylic acids is 1. The van der Waals surface area contributed by atoms with E-state index in [-0.39, 0.29) is 17.8 Å². The zero-order valence-corrected chi connectivity index (χ0v) is 15.9. The Balaban J connectivity index is 0.000000192. The molecule has 0 saturated carbocycles. The number of hydrogen-bond donors (Lipinski definition) is 2. The molecule has 1 aromatic carbocycles. The molecule has 0 radical (unpaired) electrons. The quantitative estimate of drug-likeness (QED) is 0.506. The first-order chi connectivity index (χ1) is 14.2. The predicted octanol–water partition coefficient (Wildman–Crippen LogP) is 2.56. The van der Waals surface area contributed by atoms with E-state index in [9.17, 15) is 9.90 Å². The zero-order valence-electron chi connectivity index (χ0n) is 15.9. The van der Waals surface area contributed by atoms with Crippen LogP contribution in [0.1, 0.15) is 12.8 Å². The van der Waals surface area contributed by atoms with Crippen molar-refractivity contribution >= 4 is 22.5 Å². The maximum atomic E-state index is 10.7. The number of phenolic OH excluding ortho intramolecular Hbond substituents is 1. The van der Waals surface area contributed by atoms with Gasteiger partial charge in [0.05, 0.1) is 7.11 Å². The summed E-state index contributed by atoms with van der Waals surface area (Å²) in [6, 6.07) is 14.8. The van der Waals surface area contributed by atoms with Gasteiger partial charge in [-0.1, -0.05) is 24.3 Å². The van der Waals surface area contributed by atoms with E-state index in [0.29, 0.717) is 17.0 Å². The van der Waals surface area contributed by atoms with Crippen molar-refractivity contribution in [3.05, 3.63) is 54.7 Å². The third-order valence-electron chi connectivity index (χ3n) is 4.79. The highest BCUT2D eigenvalue weighted by atomic mass is 16.5. The van der Waals surface area contributed by atoms with Gasteiger partial charge in [-0.05, 0) is 43.7 Å². The summed E-state index contributed by atoms with van der Waals surface area (Å²) in [5, 5.41) is 22.1. The average Bonchev–Trinajstić information content (AvgIpc) is 3.44. The third-order valence-corrected chi connectivity index (χ3v) is 4.79. The maximum absolute atomic E-state index is 10.7. The molecule has 1 atom stereocenters. The van der Waals surface area contributed by atoms with E-state index in [4.69, 9.17) is 0 Å². The number of nitrogens with zero attached hydrogens (tertiary/aromatic N) is 4. The smallest absolute Gasteiger partial charge is 0.322 e. The molecule has 0 bridgehead atoms. The molecule has 8 nitrogen and oxygen atoms in total. The number of aromatic hydroxyl groups is 1. The molecule has 1 unspecified atom stereocenters. The van der Waals surface area contributed by atoms with Crippen LogP contribution < -0.4 is 5.32 Å². The van der Waals surface area contributed by atoms with Crippen molar-refractivity contribution in [3.8, 4) is 17.3 Å². The first kappa shape index (κ1) is 18.8. The van der Waals surface area contributed by atoms with E-state index in [0.717, 1.165) is 30.4 Å². The van der Waals surface area contributed by atoms with Crippen molar-refractivity contribution in [3.63, 3.8) is 0 Å². The number of benzene rings is 1. The summed E-state index contributed by atoms with van der Waals surface area (Å²) in [6.45, 7) is 0.944. The minimum absolute atomic E-state index is 0.0324. The van der Waals surface area contributed by atoms with Crippen molar-refractivity contribution in [1.82, 2.24) is 24.9 Å². The summed E-state index contributed by atoms with van der Waals surface area (Å²) < 4.78 is 6.40. The molecule has 1 aliphatic rings. The topological polar surface area (TPSA) is 102 Å². The molecular formula is C21H21N5O3. The van der Waals surface area contributed by atoms with Gasteiger partial charge in [-0.25, -0.2) is 4.98 Å². The number of nitrogens with one attached hydrogen (secondary N) is 1. The van der Waals surface area contributed by atoms with E-state index in [2.05, 4.69) is 25.2 Å². The predicted molar refractivity (Wildman–Crippen MR) is 108 cm³/mol. The SMILES string of the molecule is COC(=O)C1CCCN1.Oc1cccc2ccc(-c3nnc4ccccn34)nc12. The van der Waals surface area contributed by atoms with Crippen LogP contribution >= 0.6 is 0 Å². The van der Waals surface area contributed by atoms with E-state index in [1.54, 1.807) is 12.1 Å². The van der Waals surface area contributed by atoms with Crippen LogP contribution in [0.3, 0.4) is 0 Å². The molecule has 2 N–H and O–H groups in total. The molecule has 29 heavy (non-hydrogen) atoms. The van der Waals surface area contributed by atoms with Gasteiger partial charge >= 0.3 is 5.97 Å². The van der Waals surface area contributed by atoms with Gasteiger partial charge < -0.3 is 15.2 Å². The van der Waals surface area contributed by atoms with Gasteiger partial charge in [0.25, 0.3) is 0 Å².